The fourth-order valence-corrected chi connectivity index (χ4v) is 9.69. The molecular formula is C20H43F3Si2. The maximum absolute atomic E-state index is 15.5. The van der Waals surface area contributed by atoms with Crippen molar-refractivity contribution in [1.82, 2.24) is 0 Å². The van der Waals surface area contributed by atoms with E-state index in [0.29, 0.717) is 12.3 Å². The fourth-order valence-electron chi connectivity index (χ4n) is 3.76. The first-order valence-electron chi connectivity index (χ1n) is 10.9. The summed E-state index contributed by atoms with van der Waals surface area (Å²) < 4.78 is 39.7. The van der Waals surface area contributed by atoms with Gasteiger partial charge in [0.25, 0.3) is 0 Å². The zero-order valence-corrected chi connectivity index (χ0v) is 19.5. The minimum absolute atomic E-state index is 0.0658. The molecule has 0 spiro atoms. The minimum Gasteiger partial charge on any atom is -0.314 e. The second-order valence-corrected chi connectivity index (χ2v) is 13.9. The van der Waals surface area contributed by atoms with Crippen LogP contribution in [-0.2, 0) is 0 Å². The lowest BCUT2D eigenvalue weighted by Crippen LogP contribution is -2.30. The molecule has 0 aromatic rings. The smallest absolute Gasteiger partial charge is 0.247 e. The quantitative estimate of drug-likeness (QED) is 0.126. The molecule has 0 saturated carbocycles. The van der Waals surface area contributed by atoms with Crippen molar-refractivity contribution in [3.63, 3.8) is 0 Å². The van der Waals surface area contributed by atoms with Crippen molar-refractivity contribution < 1.29 is 12.9 Å². The van der Waals surface area contributed by atoms with Crippen LogP contribution in [0.2, 0.25) is 30.2 Å². The first-order valence-corrected chi connectivity index (χ1v) is 15.4. The molecule has 0 aromatic heterocycles. The summed E-state index contributed by atoms with van der Waals surface area (Å²) in [6.45, 7) is 6.62. The summed E-state index contributed by atoms with van der Waals surface area (Å²) in [5, 5.41) is 0. The molecule has 0 radical (unpaired) electrons. The lowest BCUT2D eigenvalue weighted by atomic mass is 10.2. The molecule has 152 valence electrons. The summed E-state index contributed by atoms with van der Waals surface area (Å²) in [5.41, 5.74) is 0. The van der Waals surface area contributed by atoms with Crippen molar-refractivity contribution in [3.05, 3.63) is 0 Å². The maximum atomic E-state index is 15.5. The SMILES string of the molecule is CCCCC[Si](F)(CCCCC)CC(C)CC[SiH2]CCCCC(F)F. The Morgan fingerprint density at radius 2 is 1.40 bits per heavy atom. The van der Waals surface area contributed by atoms with Crippen molar-refractivity contribution in [2.75, 3.05) is 0 Å². The molecular weight excluding hydrogens is 353 g/mol. The molecule has 1 atom stereocenters. The molecule has 0 aliphatic carbocycles. The number of halogens is 3. The predicted molar refractivity (Wildman–Crippen MR) is 112 cm³/mol. The van der Waals surface area contributed by atoms with Gasteiger partial charge in [0, 0.05) is 15.9 Å². The van der Waals surface area contributed by atoms with E-state index in [2.05, 4.69) is 20.8 Å². The lowest BCUT2D eigenvalue weighted by Gasteiger charge is -2.26. The van der Waals surface area contributed by atoms with Gasteiger partial charge in [0.15, 0.2) is 0 Å². The van der Waals surface area contributed by atoms with Gasteiger partial charge in [-0.05, 0) is 30.5 Å². The predicted octanol–water partition coefficient (Wildman–Crippen LogP) is 7.75. The zero-order chi connectivity index (χ0) is 19.0. The van der Waals surface area contributed by atoms with Crippen LogP contribution >= 0.6 is 0 Å². The van der Waals surface area contributed by atoms with Gasteiger partial charge in [-0.2, -0.15) is 0 Å². The Morgan fingerprint density at radius 1 is 0.800 bits per heavy atom. The highest BCUT2D eigenvalue weighted by atomic mass is 28.4. The largest absolute Gasteiger partial charge is 0.314 e. The molecule has 0 rings (SSSR count). The van der Waals surface area contributed by atoms with Crippen LogP contribution in [0.5, 0.6) is 0 Å². The van der Waals surface area contributed by atoms with Crippen LogP contribution in [0.3, 0.4) is 0 Å². The van der Waals surface area contributed by atoms with Crippen LogP contribution in [0.15, 0.2) is 0 Å². The molecule has 1 unspecified atom stereocenters. The summed E-state index contributed by atoms with van der Waals surface area (Å²) in [4.78, 5) is 0. The van der Waals surface area contributed by atoms with Crippen LogP contribution in [0.25, 0.3) is 0 Å². The highest BCUT2D eigenvalue weighted by Crippen LogP contribution is 2.33. The summed E-state index contributed by atoms with van der Waals surface area (Å²) in [6.07, 6.45) is 7.60. The summed E-state index contributed by atoms with van der Waals surface area (Å²) in [7, 11) is -2.67. The van der Waals surface area contributed by atoms with Gasteiger partial charge in [-0.25, -0.2) is 8.78 Å². The van der Waals surface area contributed by atoms with Crippen molar-refractivity contribution in [1.29, 1.82) is 0 Å². The van der Waals surface area contributed by atoms with Gasteiger partial charge >= 0.3 is 0 Å². The van der Waals surface area contributed by atoms with Gasteiger partial charge < -0.3 is 4.11 Å². The second kappa shape index (κ2) is 16.4. The molecule has 5 heteroatoms. The number of hydrogen-bond acceptors (Lipinski definition) is 0. The van der Waals surface area contributed by atoms with Crippen LogP contribution in [0.4, 0.5) is 12.9 Å². The van der Waals surface area contributed by atoms with Gasteiger partial charge in [-0.15, -0.1) is 0 Å². The van der Waals surface area contributed by atoms with Crippen molar-refractivity contribution in [2.24, 2.45) is 5.92 Å². The molecule has 0 saturated heterocycles. The number of unbranched alkanes of at least 4 members (excludes halogenated alkanes) is 5. The Balaban J connectivity index is 3.99. The van der Waals surface area contributed by atoms with E-state index in [-0.39, 0.29) is 15.9 Å². The zero-order valence-electron chi connectivity index (χ0n) is 17.1. The fraction of sp³-hybridized carbons (Fsp3) is 1.00. The molecule has 0 aliphatic rings. The standard InChI is InChI=1S/C20H43F3Si2/c1-4-6-10-16-25(23,17-11-7-5-2)18-19(3)13-15-24-14-9-8-12-20(21)22/h19-20H,4-18,24H2,1-3H3. The molecule has 0 aromatic carbocycles. The van der Waals surface area contributed by atoms with E-state index in [4.69, 9.17) is 0 Å². The first-order chi connectivity index (χ1) is 11.9. The van der Waals surface area contributed by atoms with Gasteiger partial charge in [0.2, 0.25) is 14.8 Å². The van der Waals surface area contributed by atoms with Crippen molar-refractivity contribution in [2.45, 2.75) is 122 Å². The second-order valence-electron chi connectivity index (χ2n) is 8.11. The van der Waals surface area contributed by atoms with Crippen molar-refractivity contribution in [3.8, 4) is 0 Å². The van der Waals surface area contributed by atoms with Gasteiger partial charge in [0.1, 0.15) is 0 Å². The maximum Gasteiger partial charge on any atom is 0.247 e. The highest BCUT2D eigenvalue weighted by molar-refractivity contribution is 6.73. The third kappa shape index (κ3) is 16.1. The van der Waals surface area contributed by atoms with Crippen LogP contribution in [-0.4, -0.2) is 24.4 Å². The third-order valence-corrected chi connectivity index (χ3v) is 11.1. The average Bonchev–Trinajstić information content (AvgIpc) is 2.54. The Labute approximate surface area is 158 Å². The molecule has 0 fully saturated rings. The lowest BCUT2D eigenvalue weighted by molar-refractivity contribution is 0.134. The Bertz CT molecular complexity index is 278. The minimum atomic E-state index is -2.55. The van der Waals surface area contributed by atoms with Crippen molar-refractivity contribution >= 4 is 17.9 Å². The first kappa shape index (κ1) is 25.2. The third-order valence-electron chi connectivity index (χ3n) is 5.29. The van der Waals surface area contributed by atoms with Gasteiger partial charge in [0.05, 0.1) is 0 Å². The van der Waals surface area contributed by atoms with E-state index in [0.717, 1.165) is 37.4 Å². The van der Waals surface area contributed by atoms with Crippen LogP contribution in [0, 0.1) is 5.92 Å². The monoisotopic (exact) mass is 396 g/mol. The average molecular weight is 397 g/mol. The molecule has 0 nitrogen and oxygen atoms in total. The van der Waals surface area contributed by atoms with Gasteiger partial charge in [-0.1, -0.05) is 84.2 Å². The van der Waals surface area contributed by atoms with Crippen LogP contribution in [0.1, 0.15) is 85.0 Å². The summed E-state index contributed by atoms with van der Waals surface area (Å²) in [6, 6.07) is 5.06. The Morgan fingerprint density at radius 3 is 1.92 bits per heavy atom. The van der Waals surface area contributed by atoms with E-state index < -0.39 is 14.8 Å². The number of alkyl halides is 2. The molecule has 0 amide bonds. The Kier molecular flexibility index (Phi) is 16.5. The van der Waals surface area contributed by atoms with Crippen LogP contribution < -0.4 is 0 Å². The van der Waals surface area contributed by atoms with E-state index in [1.54, 1.807) is 0 Å². The topological polar surface area (TPSA) is 0 Å². The number of rotatable bonds is 18. The molecule has 25 heavy (non-hydrogen) atoms. The molecule has 0 bridgehead atoms. The highest BCUT2D eigenvalue weighted by Gasteiger charge is 2.34. The number of hydrogen-bond donors (Lipinski definition) is 0. The van der Waals surface area contributed by atoms with E-state index in [1.807, 2.05) is 0 Å². The van der Waals surface area contributed by atoms with E-state index >= 15 is 4.11 Å². The molecule has 0 heterocycles. The van der Waals surface area contributed by atoms with E-state index in [9.17, 15) is 8.78 Å². The van der Waals surface area contributed by atoms with Gasteiger partial charge in [-0.3, -0.25) is 0 Å². The molecule has 0 aliphatic heterocycles. The normalized spacial score (nSPS) is 14.0. The molecule has 0 N–H and O–H groups in total. The van der Waals surface area contributed by atoms with E-state index in [1.165, 1.54) is 44.2 Å². The summed E-state index contributed by atoms with van der Waals surface area (Å²) >= 11 is 0. The Hall–Kier alpha value is 0.224. The summed E-state index contributed by atoms with van der Waals surface area (Å²) in [5.74, 6) is 0.522.